The number of carbonyl (C=O) groups excluding carboxylic acids is 4. The van der Waals surface area contributed by atoms with Crippen LogP contribution in [0.3, 0.4) is 0 Å². The molecule has 4 aliphatic rings. The van der Waals surface area contributed by atoms with Crippen molar-refractivity contribution < 1.29 is 47.6 Å². The molecule has 4 saturated carbocycles. The fraction of sp³-hybridized carbons (Fsp3) is 0.909. The minimum Gasteiger partial charge on any atom is -0.450 e. The molecule has 14 heteroatoms. The van der Waals surface area contributed by atoms with Crippen LogP contribution in [0.25, 0.3) is 0 Å². The molecule has 0 aromatic heterocycles. The van der Waals surface area contributed by atoms with Crippen LogP contribution in [0.1, 0.15) is 154 Å². The highest BCUT2D eigenvalue weighted by molar-refractivity contribution is 5.68. The van der Waals surface area contributed by atoms with Crippen LogP contribution in [-0.4, -0.2) is 102 Å². The number of amides is 4. The van der Waals surface area contributed by atoms with Gasteiger partial charge in [-0.3, -0.25) is 0 Å². The van der Waals surface area contributed by atoms with E-state index in [1.807, 2.05) is 0 Å². The average Bonchev–Trinajstić information content (AvgIpc) is 3.22. The number of alkyl carbamates (subject to hydrolysis) is 4. The minimum absolute atomic E-state index is 0.162. The van der Waals surface area contributed by atoms with E-state index in [0.717, 1.165) is 128 Å². The van der Waals surface area contributed by atoms with E-state index in [2.05, 4.69) is 21.3 Å². The van der Waals surface area contributed by atoms with E-state index < -0.39 is 0 Å². The fourth-order valence-electron chi connectivity index (χ4n) is 9.51. The predicted molar refractivity (Wildman–Crippen MR) is 222 cm³/mol. The standard InChI is InChI=1S/C44H78N4O10/c1-53-25-3-5-27-55-41(49)45-37-17-9-33(10-18-37)31-35-13-21-39(22-14-35)47-43(51)57-29-7-8-30-58-44(52)48-40-23-15-36(16-24-40)32-34-11-19-38(20-12-34)46-42(50)56-28-6-4-26-54-2/h33-40H,3-32H2,1-2H3,(H,45,49)(H,46,50)(H,47,51)(H,48,52). The maximum atomic E-state index is 12.4. The summed E-state index contributed by atoms with van der Waals surface area (Å²) in [4.78, 5) is 49.0. The molecule has 0 aromatic carbocycles. The summed E-state index contributed by atoms with van der Waals surface area (Å²) in [6.45, 7) is 2.85. The first-order valence-corrected chi connectivity index (χ1v) is 23.0. The van der Waals surface area contributed by atoms with Gasteiger partial charge in [0.15, 0.2) is 0 Å². The van der Waals surface area contributed by atoms with Crippen LogP contribution in [0.2, 0.25) is 0 Å². The van der Waals surface area contributed by atoms with E-state index in [0.29, 0.717) is 76.2 Å². The first-order valence-electron chi connectivity index (χ1n) is 23.0. The van der Waals surface area contributed by atoms with Crippen molar-refractivity contribution in [3.63, 3.8) is 0 Å². The number of unbranched alkanes of at least 4 members (excludes halogenated alkanes) is 3. The van der Waals surface area contributed by atoms with E-state index in [1.54, 1.807) is 14.2 Å². The molecule has 0 aromatic rings. The molecule has 0 bridgehead atoms. The quantitative estimate of drug-likeness (QED) is 0.0578. The molecule has 4 fully saturated rings. The molecule has 334 valence electrons. The summed E-state index contributed by atoms with van der Waals surface area (Å²) in [5.74, 6) is 2.80. The van der Waals surface area contributed by atoms with Gasteiger partial charge in [-0.25, -0.2) is 19.2 Å². The van der Waals surface area contributed by atoms with Crippen molar-refractivity contribution in [2.45, 2.75) is 178 Å². The van der Waals surface area contributed by atoms with E-state index in [9.17, 15) is 19.2 Å². The molecule has 4 aliphatic carbocycles. The summed E-state index contributed by atoms with van der Waals surface area (Å²) in [7, 11) is 3.35. The molecule has 0 spiro atoms. The molecular weight excluding hydrogens is 745 g/mol. The predicted octanol–water partition coefficient (Wildman–Crippen LogP) is 8.54. The largest absolute Gasteiger partial charge is 0.450 e. The van der Waals surface area contributed by atoms with Crippen molar-refractivity contribution in [2.75, 3.05) is 53.9 Å². The van der Waals surface area contributed by atoms with Gasteiger partial charge in [0.1, 0.15) is 0 Å². The monoisotopic (exact) mass is 823 g/mol. The Bertz CT molecular complexity index is 1060. The molecular formula is C44H78N4O10. The van der Waals surface area contributed by atoms with Crippen molar-refractivity contribution in [2.24, 2.45) is 23.7 Å². The molecule has 0 aliphatic heterocycles. The van der Waals surface area contributed by atoms with Crippen molar-refractivity contribution in [3.05, 3.63) is 0 Å². The van der Waals surface area contributed by atoms with Gasteiger partial charge in [-0.15, -0.1) is 0 Å². The summed E-state index contributed by atoms with van der Waals surface area (Å²) in [5.41, 5.74) is 0. The number of hydrogen-bond acceptors (Lipinski definition) is 10. The second kappa shape index (κ2) is 28.5. The topological polar surface area (TPSA) is 172 Å². The molecule has 0 radical (unpaired) electrons. The molecule has 4 N–H and O–H groups in total. The fourth-order valence-corrected chi connectivity index (χ4v) is 9.51. The van der Waals surface area contributed by atoms with Gasteiger partial charge in [-0.2, -0.15) is 0 Å². The highest BCUT2D eigenvalue weighted by atomic mass is 16.6. The van der Waals surface area contributed by atoms with Gasteiger partial charge in [-0.1, -0.05) is 0 Å². The van der Waals surface area contributed by atoms with Gasteiger partial charge in [0.05, 0.1) is 26.4 Å². The van der Waals surface area contributed by atoms with Gasteiger partial charge in [-0.05, 0) is 178 Å². The molecule has 14 nitrogen and oxygen atoms in total. The molecule has 0 heterocycles. The third-order valence-corrected chi connectivity index (χ3v) is 13.0. The Morgan fingerprint density at radius 3 is 0.759 bits per heavy atom. The number of methoxy groups -OCH3 is 2. The zero-order valence-corrected chi connectivity index (χ0v) is 35.9. The van der Waals surface area contributed by atoms with Crippen LogP contribution in [0, 0.1) is 23.7 Å². The third-order valence-electron chi connectivity index (χ3n) is 13.0. The van der Waals surface area contributed by atoms with Gasteiger partial charge in [0.25, 0.3) is 0 Å². The first-order chi connectivity index (χ1) is 28.3. The van der Waals surface area contributed by atoms with Crippen molar-refractivity contribution in [1.82, 2.24) is 21.3 Å². The van der Waals surface area contributed by atoms with E-state index >= 15 is 0 Å². The van der Waals surface area contributed by atoms with Gasteiger partial charge in [0, 0.05) is 51.6 Å². The van der Waals surface area contributed by atoms with Gasteiger partial charge in [0.2, 0.25) is 0 Å². The van der Waals surface area contributed by atoms with Crippen molar-refractivity contribution >= 4 is 24.4 Å². The van der Waals surface area contributed by atoms with E-state index in [4.69, 9.17) is 28.4 Å². The zero-order chi connectivity index (χ0) is 41.2. The lowest BCUT2D eigenvalue weighted by Crippen LogP contribution is -2.39. The maximum absolute atomic E-state index is 12.4. The second-order valence-corrected chi connectivity index (χ2v) is 17.6. The Morgan fingerprint density at radius 1 is 0.345 bits per heavy atom. The summed E-state index contributed by atoms with van der Waals surface area (Å²) in [6.07, 6.45) is 22.9. The van der Waals surface area contributed by atoms with Crippen LogP contribution in [-0.2, 0) is 28.4 Å². The summed E-state index contributed by atoms with van der Waals surface area (Å²) >= 11 is 0. The smallest absolute Gasteiger partial charge is 0.407 e. The Balaban J connectivity index is 0.921. The SMILES string of the molecule is COCCCCOC(=O)NC1CCC(CC2CCC(NC(=O)OCCCCOC(=O)NC3CCC(CC4CCC(NC(=O)OCCCCOC)CC4)CC3)CC2)CC1. The van der Waals surface area contributed by atoms with Crippen molar-refractivity contribution in [1.29, 1.82) is 0 Å². The Hall–Kier alpha value is -3.00. The average molecular weight is 823 g/mol. The van der Waals surface area contributed by atoms with Crippen LogP contribution in [0.4, 0.5) is 19.2 Å². The van der Waals surface area contributed by atoms with Crippen LogP contribution in [0.15, 0.2) is 0 Å². The summed E-state index contributed by atoms with van der Waals surface area (Å²) < 4.78 is 31.5. The number of rotatable bonds is 23. The maximum Gasteiger partial charge on any atom is 0.407 e. The molecule has 58 heavy (non-hydrogen) atoms. The number of hydrogen-bond donors (Lipinski definition) is 4. The van der Waals surface area contributed by atoms with E-state index in [-0.39, 0.29) is 48.5 Å². The number of carbonyl (C=O) groups is 4. The van der Waals surface area contributed by atoms with Gasteiger partial charge >= 0.3 is 24.4 Å². The summed E-state index contributed by atoms with van der Waals surface area (Å²) in [6, 6.07) is 0.744. The molecule has 4 rings (SSSR count). The Morgan fingerprint density at radius 2 is 0.552 bits per heavy atom. The summed E-state index contributed by atoms with van der Waals surface area (Å²) in [5, 5.41) is 12.2. The Kier molecular flexibility index (Phi) is 23.4. The number of ether oxygens (including phenoxy) is 6. The first kappa shape index (κ1) is 47.7. The van der Waals surface area contributed by atoms with Crippen LogP contribution in [0.5, 0.6) is 0 Å². The second-order valence-electron chi connectivity index (χ2n) is 17.6. The highest BCUT2D eigenvalue weighted by Crippen LogP contribution is 2.37. The number of nitrogens with one attached hydrogen (secondary N) is 4. The molecule has 4 amide bonds. The minimum atomic E-state index is -0.357. The lowest BCUT2D eigenvalue weighted by atomic mass is 9.76. The third kappa shape index (κ3) is 20.3. The highest BCUT2D eigenvalue weighted by Gasteiger charge is 2.30. The van der Waals surface area contributed by atoms with Gasteiger partial charge < -0.3 is 49.7 Å². The lowest BCUT2D eigenvalue weighted by Gasteiger charge is -2.34. The van der Waals surface area contributed by atoms with Crippen molar-refractivity contribution in [3.8, 4) is 0 Å². The Labute approximate surface area is 348 Å². The van der Waals surface area contributed by atoms with E-state index in [1.165, 1.54) is 12.8 Å². The van der Waals surface area contributed by atoms with Crippen LogP contribution >= 0.6 is 0 Å². The molecule has 0 saturated heterocycles. The zero-order valence-electron chi connectivity index (χ0n) is 35.9. The lowest BCUT2D eigenvalue weighted by molar-refractivity contribution is 0.119. The normalized spacial score (nSPS) is 27.4. The molecule has 0 unspecified atom stereocenters. The molecule has 0 atom stereocenters. The van der Waals surface area contributed by atoms with Crippen LogP contribution < -0.4 is 21.3 Å².